The minimum atomic E-state index is 0.342. The van der Waals surface area contributed by atoms with Crippen molar-refractivity contribution in [2.45, 2.75) is 0 Å². The number of nitrogens with two attached hydrogens (primary N) is 1. The van der Waals surface area contributed by atoms with Gasteiger partial charge in [0.05, 0.1) is 11.3 Å². The van der Waals surface area contributed by atoms with E-state index in [1.807, 2.05) is 36.4 Å². The Hall–Kier alpha value is -1.41. The van der Waals surface area contributed by atoms with Gasteiger partial charge in [-0.25, -0.2) is 0 Å². The Labute approximate surface area is 137 Å². The maximum atomic E-state index is 5.94. The summed E-state index contributed by atoms with van der Waals surface area (Å²) in [7, 11) is 0. The number of halogens is 2. The third kappa shape index (κ3) is 2.45. The van der Waals surface area contributed by atoms with Gasteiger partial charge in [-0.15, -0.1) is 0 Å². The number of pyridine rings is 1. The normalized spacial score (nSPS) is 10.7. The summed E-state index contributed by atoms with van der Waals surface area (Å²) in [4.78, 5) is 4.33. The van der Waals surface area contributed by atoms with Crippen LogP contribution >= 0.6 is 38.5 Å². The number of hydrogen-bond donors (Lipinski definition) is 1. The second kappa shape index (κ2) is 5.53. The average molecular weight is 442 g/mol. The molecule has 0 atom stereocenters. The van der Waals surface area contributed by atoms with Crippen molar-refractivity contribution in [2.75, 3.05) is 5.73 Å². The van der Waals surface area contributed by atoms with E-state index < -0.39 is 0 Å². The highest BCUT2D eigenvalue weighted by molar-refractivity contribution is 14.1. The van der Waals surface area contributed by atoms with Gasteiger partial charge in [-0.1, -0.05) is 27.2 Å². The Morgan fingerprint density at radius 1 is 1.20 bits per heavy atom. The van der Waals surface area contributed by atoms with Crippen LogP contribution < -0.4 is 5.73 Å². The predicted octanol–water partition coefficient (Wildman–Crippen LogP) is 4.35. The molecule has 6 heteroatoms. The fraction of sp³-hybridized carbons (Fsp3) is 0. The lowest BCUT2D eigenvalue weighted by Gasteiger charge is -2.04. The first-order chi connectivity index (χ1) is 9.66. The molecule has 20 heavy (non-hydrogen) atoms. The second-order valence-electron chi connectivity index (χ2n) is 4.11. The first-order valence-electron chi connectivity index (χ1n) is 5.79. The Morgan fingerprint density at radius 2 is 2.05 bits per heavy atom. The van der Waals surface area contributed by atoms with Crippen molar-refractivity contribution >= 4 is 44.3 Å². The van der Waals surface area contributed by atoms with Crippen LogP contribution in [0.15, 0.2) is 51.6 Å². The highest BCUT2D eigenvalue weighted by Crippen LogP contribution is 2.38. The highest BCUT2D eigenvalue weighted by Gasteiger charge is 2.20. The minimum absolute atomic E-state index is 0.342. The molecular weight excluding hydrogens is 433 g/mol. The summed E-state index contributed by atoms with van der Waals surface area (Å²) in [6, 6.07) is 11.6. The lowest BCUT2D eigenvalue weighted by atomic mass is 10.1. The van der Waals surface area contributed by atoms with Crippen LogP contribution in [0.5, 0.6) is 0 Å². The van der Waals surface area contributed by atoms with Crippen molar-refractivity contribution in [1.82, 2.24) is 10.1 Å². The molecule has 0 saturated heterocycles. The van der Waals surface area contributed by atoms with E-state index >= 15 is 0 Å². The van der Waals surface area contributed by atoms with Gasteiger partial charge < -0.3 is 10.3 Å². The number of anilines is 1. The average Bonchev–Trinajstić information content (AvgIpc) is 2.84. The number of nitrogens with zero attached hydrogens (tertiary/aromatic N) is 2. The van der Waals surface area contributed by atoms with Crippen LogP contribution in [0.3, 0.4) is 0 Å². The van der Waals surface area contributed by atoms with Crippen molar-refractivity contribution in [3.8, 4) is 22.6 Å². The van der Waals surface area contributed by atoms with Gasteiger partial charge >= 0.3 is 0 Å². The molecule has 0 bridgehead atoms. The molecule has 3 aromatic rings. The molecule has 0 aliphatic carbocycles. The maximum absolute atomic E-state index is 5.94. The summed E-state index contributed by atoms with van der Waals surface area (Å²) in [5.74, 6) is 0.973. The monoisotopic (exact) mass is 441 g/mol. The molecule has 0 radical (unpaired) electrons. The quantitative estimate of drug-likeness (QED) is 0.600. The zero-order valence-electron chi connectivity index (χ0n) is 10.2. The molecule has 0 saturated carbocycles. The van der Waals surface area contributed by atoms with E-state index in [-0.39, 0.29) is 0 Å². The van der Waals surface area contributed by atoms with Crippen LogP contribution in [0.1, 0.15) is 0 Å². The Kier molecular flexibility index (Phi) is 3.75. The van der Waals surface area contributed by atoms with Gasteiger partial charge in [0.1, 0.15) is 0 Å². The molecule has 2 N–H and O–H groups in total. The molecule has 0 spiro atoms. The fourth-order valence-electron chi connectivity index (χ4n) is 1.92. The van der Waals surface area contributed by atoms with Crippen molar-refractivity contribution in [3.05, 3.63) is 50.6 Å². The summed E-state index contributed by atoms with van der Waals surface area (Å²) in [6.45, 7) is 0. The van der Waals surface area contributed by atoms with E-state index in [1.54, 1.807) is 6.20 Å². The van der Waals surface area contributed by atoms with Crippen LogP contribution in [0.2, 0.25) is 0 Å². The Bertz CT molecular complexity index is 758. The lowest BCUT2D eigenvalue weighted by molar-refractivity contribution is 0.436. The van der Waals surface area contributed by atoms with Gasteiger partial charge in [-0.05, 0) is 52.9 Å². The number of benzene rings is 1. The third-order valence-electron chi connectivity index (χ3n) is 2.81. The summed E-state index contributed by atoms with van der Waals surface area (Å²) in [5, 5.41) is 3.88. The largest absolute Gasteiger partial charge is 0.380 e. The van der Waals surface area contributed by atoms with E-state index in [0.29, 0.717) is 11.6 Å². The smallest absolute Gasteiger partial charge is 0.179 e. The number of nitrogen functional groups attached to an aromatic ring is 1. The minimum Gasteiger partial charge on any atom is -0.380 e. The predicted molar refractivity (Wildman–Crippen MR) is 90.0 cm³/mol. The molecule has 4 nitrogen and oxygen atoms in total. The molecule has 0 aliphatic rings. The van der Waals surface area contributed by atoms with Crippen LogP contribution in [-0.2, 0) is 0 Å². The van der Waals surface area contributed by atoms with Gasteiger partial charge in [0.25, 0.3) is 0 Å². The van der Waals surface area contributed by atoms with E-state index in [2.05, 4.69) is 48.7 Å². The number of rotatable bonds is 2. The third-order valence-corrected chi connectivity index (χ3v) is 4.25. The summed E-state index contributed by atoms with van der Waals surface area (Å²) >= 11 is 5.72. The van der Waals surface area contributed by atoms with Gasteiger partial charge in [-0.3, -0.25) is 4.98 Å². The zero-order chi connectivity index (χ0) is 14.1. The summed E-state index contributed by atoms with van der Waals surface area (Å²) < 4.78 is 7.45. The van der Waals surface area contributed by atoms with Crippen LogP contribution in [0.4, 0.5) is 5.82 Å². The second-order valence-corrected chi connectivity index (χ2v) is 6.19. The molecule has 0 amide bonds. The molecule has 0 aliphatic heterocycles. The van der Waals surface area contributed by atoms with Crippen LogP contribution in [-0.4, -0.2) is 10.1 Å². The van der Waals surface area contributed by atoms with Crippen LogP contribution in [0.25, 0.3) is 22.6 Å². The Balaban J connectivity index is 2.24. The van der Waals surface area contributed by atoms with Gasteiger partial charge in [0, 0.05) is 19.8 Å². The first kappa shape index (κ1) is 13.6. The van der Waals surface area contributed by atoms with E-state index in [4.69, 9.17) is 10.3 Å². The summed E-state index contributed by atoms with van der Waals surface area (Å²) in [6.07, 6.45) is 1.72. The fourth-order valence-corrected chi connectivity index (χ4v) is 2.86. The maximum Gasteiger partial charge on any atom is 0.179 e. The molecule has 2 heterocycles. The Morgan fingerprint density at radius 3 is 2.80 bits per heavy atom. The van der Waals surface area contributed by atoms with Crippen molar-refractivity contribution in [3.63, 3.8) is 0 Å². The number of hydrogen-bond acceptors (Lipinski definition) is 4. The zero-order valence-corrected chi connectivity index (χ0v) is 13.9. The standard InChI is InChI=1S/C14H9BrIN3O/c15-8-4-5-10(16)9(7-8)13-12(14(17)19-20-13)11-3-1-2-6-18-11/h1-7H,(H2,17,19). The molecule has 3 rings (SSSR count). The van der Waals surface area contributed by atoms with E-state index in [0.717, 1.165) is 24.9 Å². The molecule has 0 unspecified atom stereocenters. The van der Waals surface area contributed by atoms with Gasteiger partial charge in [0.15, 0.2) is 11.6 Å². The highest BCUT2D eigenvalue weighted by atomic mass is 127. The first-order valence-corrected chi connectivity index (χ1v) is 7.66. The SMILES string of the molecule is Nc1noc(-c2cc(Br)ccc2I)c1-c1ccccn1. The molecule has 100 valence electrons. The van der Waals surface area contributed by atoms with Gasteiger partial charge in [-0.2, -0.15) is 0 Å². The van der Waals surface area contributed by atoms with Crippen molar-refractivity contribution < 1.29 is 4.52 Å². The molecule has 2 aromatic heterocycles. The van der Waals surface area contributed by atoms with Crippen molar-refractivity contribution in [1.29, 1.82) is 0 Å². The number of aromatic nitrogens is 2. The lowest BCUT2D eigenvalue weighted by Crippen LogP contribution is -1.91. The van der Waals surface area contributed by atoms with Gasteiger partial charge in [0.2, 0.25) is 0 Å². The topological polar surface area (TPSA) is 64.9 Å². The molecular formula is C14H9BrIN3O. The van der Waals surface area contributed by atoms with Crippen LogP contribution in [0, 0.1) is 3.57 Å². The summed E-state index contributed by atoms with van der Waals surface area (Å²) in [5.41, 5.74) is 8.35. The molecule has 0 fully saturated rings. The molecule has 1 aromatic carbocycles. The van der Waals surface area contributed by atoms with E-state index in [1.165, 1.54) is 0 Å². The van der Waals surface area contributed by atoms with Crippen molar-refractivity contribution in [2.24, 2.45) is 0 Å². The van der Waals surface area contributed by atoms with E-state index in [9.17, 15) is 0 Å².